The predicted octanol–water partition coefficient (Wildman–Crippen LogP) is 2.98. The summed E-state index contributed by atoms with van der Waals surface area (Å²) in [6.45, 7) is 5.75. The van der Waals surface area contributed by atoms with E-state index < -0.39 is 11.7 Å². The second kappa shape index (κ2) is 12.2. The third kappa shape index (κ3) is 10.7. The molecule has 0 unspecified atom stereocenters. The van der Waals surface area contributed by atoms with Crippen LogP contribution < -0.4 is 10.9 Å². The van der Waals surface area contributed by atoms with E-state index in [-0.39, 0.29) is 17.7 Å². The Morgan fingerprint density at radius 2 is 1.36 bits per heavy atom. The van der Waals surface area contributed by atoms with Gasteiger partial charge in [-0.05, 0) is 33.6 Å². The molecule has 0 aromatic carbocycles. The zero-order valence-electron chi connectivity index (χ0n) is 17.2. The zero-order chi connectivity index (χ0) is 21.0. The summed E-state index contributed by atoms with van der Waals surface area (Å²) < 4.78 is 5.02. The lowest BCUT2D eigenvalue weighted by atomic mass is 10.1. The third-order valence-corrected chi connectivity index (χ3v) is 4.14. The lowest BCUT2D eigenvalue weighted by Crippen LogP contribution is -2.44. The molecule has 0 atom stereocenters. The van der Waals surface area contributed by atoms with Crippen molar-refractivity contribution < 1.29 is 23.9 Å². The maximum absolute atomic E-state index is 11.6. The number of unbranched alkanes of at least 4 members (excludes halogenated alkanes) is 7. The molecule has 2 N–H and O–H groups in total. The maximum atomic E-state index is 11.6. The van der Waals surface area contributed by atoms with Crippen LogP contribution in [0.3, 0.4) is 0 Å². The summed E-state index contributed by atoms with van der Waals surface area (Å²) in [5.74, 6) is -0.656. The van der Waals surface area contributed by atoms with Crippen LogP contribution in [0.4, 0.5) is 4.79 Å². The van der Waals surface area contributed by atoms with Crippen LogP contribution in [-0.2, 0) is 19.1 Å². The van der Waals surface area contributed by atoms with Gasteiger partial charge in [0.15, 0.2) is 0 Å². The summed E-state index contributed by atoms with van der Waals surface area (Å²) in [6, 6.07) is 0. The van der Waals surface area contributed by atoms with Gasteiger partial charge >= 0.3 is 6.09 Å². The summed E-state index contributed by atoms with van der Waals surface area (Å²) >= 11 is 0. The maximum Gasteiger partial charge on any atom is 0.426 e. The van der Waals surface area contributed by atoms with Gasteiger partial charge in [0.05, 0.1) is 0 Å². The van der Waals surface area contributed by atoms with E-state index in [0.717, 1.165) is 51.4 Å². The van der Waals surface area contributed by atoms with E-state index in [9.17, 15) is 19.2 Å². The highest BCUT2D eigenvalue weighted by Crippen LogP contribution is 2.11. The molecule has 28 heavy (non-hydrogen) atoms. The molecule has 0 bridgehead atoms. The number of hydrazine groups is 1. The van der Waals surface area contributed by atoms with Crippen molar-refractivity contribution >= 4 is 23.8 Å². The molecule has 0 aliphatic carbocycles. The Hall–Kier alpha value is -2.38. The van der Waals surface area contributed by atoms with Crippen molar-refractivity contribution in [3.8, 4) is 0 Å². The third-order valence-electron chi connectivity index (χ3n) is 4.14. The number of ether oxygens (including phenoxy) is 1. The largest absolute Gasteiger partial charge is 0.443 e. The molecular formula is C20H33N3O5. The molecule has 1 aliphatic heterocycles. The number of hydrogen-bond donors (Lipinski definition) is 2. The minimum absolute atomic E-state index is 0.213. The standard InChI is InChI=1S/C20H33N3O5/c1-20(2,3)28-19(27)22-21-16(24)12-10-8-6-4-5-7-9-11-15-23-17(25)13-14-18(23)26/h13-14H,4-12,15H2,1-3H3,(H,21,24)(H,22,27). The average molecular weight is 396 g/mol. The molecule has 1 aliphatic rings. The minimum atomic E-state index is -0.671. The fraction of sp³-hybridized carbons (Fsp3) is 0.700. The van der Waals surface area contributed by atoms with Crippen molar-refractivity contribution in [2.75, 3.05) is 6.54 Å². The van der Waals surface area contributed by atoms with Gasteiger partial charge in [0, 0.05) is 25.1 Å². The highest BCUT2D eigenvalue weighted by atomic mass is 16.6. The SMILES string of the molecule is CC(C)(C)OC(=O)NNC(=O)CCCCCCCCCCN1C(=O)C=CC1=O. The quantitative estimate of drug-likeness (QED) is 0.318. The summed E-state index contributed by atoms with van der Waals surface area (Å²) in [5, 5.41) is 0. The highest BCUT2D eigenvalue weighted by Gasteiger charge is 2.22. The lowest BCUT2D eigenvalue weighted by molar-refractivity contribution is -0.136. The molecule has 8 heteroatoms. The molecule has 1 heterocycles. The van der Waals surface area contributed by atoms with Gasteiger partial charge in [0.1, 0.15) is 5.60 Å². The van der Waals surface area contributed by atoms with E-state index in [2.05, 4.69) is 10.9 Å². The van der Waals surface area contributed by atoms with Crippen LogP contribution in [0.15, 0.2) is 12.2 Å². The monoisotopic (exact) mass is 395 g/mol. The summed E-state index contributed by atoms with van der Waals surface area (Å²) in [6.07, 6.45) is 10.2. The number of amides is 4. The number of nitrogens with one attached hydrogen (secondary N) is 2. The highest BCUT2D eigenvalue weighted by molar-refractivity contribution is 6.12. The van der Waals surface area contributed by atoms with Crippen LogP contribution >= 0.6 is 0 Å². The zero-order valence-corrected chi connectivity index (χ0v) is 17.2. The van der Waals surface area contributed by atoms with Gasteiger partial charge in [0.2, 0.25) is 5.91 Å². The first-order valence-corrected chi connectivity index (χ1v) is 10.0. The molecular weight excluding hydrogens is 362 g/mol. The van der Waals surface area contributed by atoms with Gasteiger partial charge in [-0.3, -0.25) is 24.7 Å². The second-order valence-corrected chi connectivity index (χ2v) is 7.91. The van der Waals surface area contributed by atoms with E-state index in [4.69, 9.17) is 4.74 Å². The van der Waals surface area contributed by atoms with Gasteiger partial charge in [0.25, 0.3) is 11.8 Å². The molecule has 0 saturated carbocycles. The van der Waals surface area contributed by atoms with Crippen LogP contribution in [-0.4, -0.2) is 40.9 Å². The molecule has 4 amide bonds. The van der Waals surface area contributed by atoms with Gasteiger partial charge in [-0.1, -0.05) is 38.5 Å². The fourth-order valence-corrected chi connectivity index (χ4v) is 2.75. The van der Waals surface area contributed by atoms with E-state index in [0.29, 0.717) is 13.0 Å². The number of carbonyl (C=O) groups excluding carboxylic acids is 4. The van der Waals surface area contributed by atoms with E-state index in [1.807, 2.05) is 0 Å². The van der Waals surface area contributed by atoms with Crippen LogP contribution in [0.1, 0.15) is 78.6 Å². The Morgan fingerprint density at radius 3 is 1.89 bits per heavy atom. The molecule has 0 aromatic rings. The van der Waals surface area contributed by atoms with Crippen molar-refractivity contribution in [3.63, 3.8) is 0 Å². The summed E-state index contributed by atoms with van der Waals surface area (Å²) in [5.41, 5.74) is 3.97. The van der Waals surface area contributed by atoms with Crippen LogP contribution in [0, 0.1) is 0 Å². The number of hydrogen-bond acceptors (Lipinski definition) is 5. The Balaban J connectivity index is 1.89. The van der Waals surface area contributed by atoms with Crippen molar-refractivity contribution in [2.24, 2.45) is 0 Å². The molecule has 0 radical (unpaired) electrons. The van der Waals surface area contributed by atoms with Crippen molar-refractivity contribution in [3.05, 3.63) is 12.2 Å². The lowest BCUT2D eigenvalue weighted by Gasteiger charge is -2.19. The Bertz CT molecular complexity index is 563. The molecule has 158 valence electrons. The predicted molar refractivity (Wildman–Crippen MR) is 105 cm³/mol. The minimum Gasteiger partial charge on any atom is -0.443 e. The topological polar surface area (TPSA) is 105 Å². The van der Waals surface area contributed by atoms with Crippen LogP contribution in [0.5, 0.6) is 0 Å². The molecule has 8 nitrogen and oxygen atoms in total. The number of nitrogens with zero attached hydrogens (tertiary/aromatic N) is 1. The van der Waals surface area contributed by atoms with Crippen LogP contribution in [0.25, 0.3) is 0 Å². The van der Waals surface area contributed by atoms with Crippen molar-refractivity contribution in [1.29, 1.82) is 0 Å². The van der Waals surface area contributed by atoms with E-state index >= 15 is 0 Å². The van der Waals surface area contributed by atoms with Gasteiger partial charge in [-0.25, -0.2) is 10.2 Å². The average Bonchev–Trinajstić information content (AvgIpc) is 2.91. The van der Waals surface area contributed by atoms with Crippen molar-refractivity contribution in [1.82, 2.24) is 15.8 Å². The van der Waals surface area contributed by atoms with Gasteiger partial charge in [-0.15, -0.1) is 0 Å². The Labute approximate surface area is 167 Å². The van der Waals surface area contributed by atoms with Gasteiger partial charge < -0.3 is 4.74 Å². The van der Waals surface area contributed by atoms with E-state index in [1.54, 1.807) is 20.8 Å². The number of carbonyl (C=O) groups is 4. The fourth-order valence-electron chi connectivity index (χ4n) is 2.75. The Morgan fingerprint density at radius 1 is 0.857 bits per heavy atom. The Kier molecular flexibility index (Phi) is 10.3. The summed E-state index contributed by atoms with van der Waals surface area (Å²) in [4.78, 5) is 47.1. The first kappa shape index (κ1) is 23.7. The molecule has 0 aromatic heterocycles. The first-order valence-electron chi connectivity index (χ1n) is 10.0. The molecule has 1 rings (SSSR count). The first-order chi connectivity index (χ1) is 13.2. The molecule has 0 fully saturated rings. The van der Waals surface area contributed by atoms with Gasteiger partial charge in [-0.2, -0.15) is 0 Å². The summed E-state index contributed by atoms with van der Waals surface area (Å²) in [7, 11) is 0. The molecule has 0 saturated heterocycles. The normalized spacial score (nSPS) is 13.8. The second-order valence-electron chi connectivity index (χ2n) is 7.91. The van der Waals surface area contributed by atoms with E-state index in [1.165, 1.54) is 17.1 Å². The smallest absolute Gasteiger partial charge is 0.426 e. The number of imide groups is 1. The van der Waals surface area contributed by atoms with Crippen molar-refractivity contribution in [2.45, 2.75) is 84.2 Å². The number of rotatable bonds is 11. The molecule has 0 spiro atoms. The van der Waals surface area contributed by atoms with Crippen LogP contribution in [0.2, 0.25) is 0 Å².